The average molecular weight is 405 g/mol. The summed E-state index contributed by atoms with van der Waals surface area (Å²) in [4.78, 5) is 11.2. The van der Waals surface area contributed by atoms with Crippen LogP contribution in [0.4, 0.5) is 5.82 Å². The Morgan fingerprint density at radius 2 is 1.70 bits per heavy atom. The van der Waals surface area contributed by atoms with Gasteiger partial charge in [-0.3, -0.25) is 4.57 Å². The van der Waals surface area contributed by atoms with Crippen LogP contribution < -0.4 is 4.90 Å². The molecule has 27 heavy (non-hydrogen) atoms. The first-order valence-corrected chi connectivity index (χ1v) is 10.9. The van der Waals surface area contributed by atoms with Crippen LogP contribution in [0, 0.1) is 0 Å². The van der Waals surface area contributed by atoms with Crippen molar-refractivity contribution in [3.63, 3.8) is 0 Å². The zero-order chi connectivity index (χ0) is 19.6. The van der Waals surface area contributed by atoms with E-state index in [-0.39, 0.29) is 4.90 Å². The van der Waals surface area contributed by atoms with Gasteiger partial charge in [0.2, 0.25) is 0 Å². The van der Waals surface area contributed by atoms with Crippen LogP contribution in [0.1, 0.15) is 13.8 Å². The van der Waals surface area contributed by atoms with Gasteiger partial charge in [-0.05, 0) is 50.2 Å². The van der Waals surface area contributed by atoms with Gasteiger partial charge in [0, 0.05) is 36.8 Å². The van der Waals surface area contributed by atoms with Gasteiger partial charge in [0.15, 0.2) is 15.0 Å². The minimum atomic E-state index is -3.24. The van der Waals surface area contributed by atoms with Crippen molar-refractivity contribution in [3.05, 3.63) is 54.1 Å². The minimum Gasteiger partial charge on any atom is -0.357 e. The first-order chi connectivity index (χ1) is 12.8. The highest BCUT2D eigenvalue weighted by molar-refractivity contribution is 7.90. The number of imidazole rings is 1. The third-order valence-corrected chi connectivity index (χ3v) is 5.78. The van der Waals surface area contributed by atoms with Crippen molar-refractivity contribution in [2.45, 2.75) is 18.7 Å². The number of halogens is 1. The fraction of sp³-hybridized carbons (Fsp3) is 0.263. The van der Waals surface area contributed by atoms with Gasteiger partial charge in [-0.15, -0.1) is 0 Å². The van der Waals surface area contributed by atoms with Crippen molar-refractivity contribution in [3.8, 4) is 16.9 Å². The second-order valence-corrected chi connectivity index (χ2v) is 8.47. The van der Waals surface area contributed by atoms with Gasteiger partial charge < -0.3 is 4.90 Å². The second kappa shape index (κ2) is 7.70. The fourth-order valence-electron chi connectivity index (χ4n) is 2.90. The number of nitrogens with zero attached hydrogens (tertiary/aromatic N) is 4. The van der Waals surface area contributed by atoms with Crippen LogP contribution in [0.15, 0.2) is 53.8 Å². The third kappa shape index (κ3) is 3.99. The van der Waals surface area contributed by atoms with Crippen molar-refractivity contribution >= 4 is 27.3 Å². The molecule has 3 rings (SSSR count). The lowest BCUT2D eigenvalue weighted by Crippen LogP contribution is -2.22. The highest BCUT2D eigenvalue weighted by atomic mass is 35.5. The van der Waals surface area contributed by atoms with Gasteiger partial charge in [0.05, 0.1) is 10.6 Å². The van der Waals surface area contributed by atoms with Gasteiger partial charge in [0.25, 0.3) is 0 Å². The Kier molecular flexibility index (Phi) is 5.53. The predicted molar refractivity (Wildman–Crippen MR) is 108 cm³/mol. The molecule has 3 aromatic rings. The maximum Gasteiger partial charge on any atom is 0.175 e. The van der Waals surface area contributed by atoms with Crippen LogP contribution >= 0.6 is 11.6 Å². The highest BCUT2D eigenvalue weighted by Gasteiger charge is 2.15. The molecule has 2 heterocycles. The maximum atomic E-state index is 11.7. The SMILES string of the molecule is CCN(CC)c1ccc(-c2c(Cl)ncn2-c2ccc(S(C)(=O)=O)cc2)cn1. The molecule has 0 aliphatic heterocycles. The normalized spacial score (nSPS) is 11.6. The van der Waals surface area contributed by atoms with Crippen LogP contribution in [-0.4, -0.2) is 42.3 Å². The molecule has 0 aliphatic rings. The van der Waals surface area contributed by atoms with Crippen LogP contribution in [0.3, 0.4) is 0 Å². The highest BCUT2D eigenvalue weighted by Crippen LogP contribution is 2.30. The minimum absolute atomic E-state index is 0.268. The third-order valence-electron chi connectivity index (χ3n) is 4.37. The molecule has 0 spiro atoms. The molecular weight excluding hydrogens is 384 g/mol. The number of hydrogen-bond acceptors (Lipinski definition) is 5. The maximum absolute atomic E-state index is 11.7. The zero-order valence-electron chi connectivity index (χ0n) is 15.4. The summed E-state index contributed by atoms with van der Waals surface area (Å²) in [5.41, 5.74) is 2.31. The van der Waals surface area contributed by atoms with Crippen molar-refractivity contribution in [2.24, 2.45) is 0 Å². The number of anilines is 1. The quantitative estimate of drug-likeness (QED) is 0.624. The van der Waals surface area contributed by atoms with Crippen molar-refractivity contribution in [2.75, 3.05) is 24.2 Å². The smallest absolute Gasteiger partial charge is 0.175 e. The van der Waals surface area contributed by atoms with E-state index >= 15 is 0 Å². The molecule has 0 aliphatic carbocycles. The van der Waals surface area contributed by atoms with E-state index in [2.05, 4.69) is 28.7 Å². The number of rotatable bonds is 6. The van der Waals surface area contributed by atoms with Gasteiger partial charge in [-0.25, -0.2) is 18.4 Å². The number of pyridine rings is 1. The summed E-state index contributed by atoms with van der Waals surface area (Å²) < 4.78 is 25.1. The van der Waals surface area contributed by atoms with E-state index in [4.69, 9.17) is 11.6 Å². The molecule has 0 radical (unpaired) electrons. The van der Waals surface area contributed by atoms with Crippen LogP contribution in [0.25, 0.3) is 16.9 Å². The summed E-state index contributed by atoms with van der Waals surface area (Å²) in [6, 6.07) is 10.5. The lowest BCUT2D eigenvalue weighted by molar-refractivity contribution is 0.602. The largest absolute Gasteiger partial charge is 0.357 e. The van der Waals surface area contributed by atoms with Crippen molar-refractivity contribution in [1.82, 2.24) is 14.5 Å². The zero-order valence-corrected chi connectivity index (χ0v) is 17.0. The molecule has 0 N–H and O–H groups in total. The molecule has 0 saturated heterocycles. The Labute approximate surface area is 164 Å². The Balaban J connectivity index is 2.00. The summed E-state index contributed by atoms with van der Waals surface area (Å²) in [7, 11) is -3.24. The summed E-state index contributed by atoms with van der Waals surface area (Å²) in [5, 5.41) is 0.361. The molecule has 0 atom stereocenters. The summed E-state index contributed by atoms with van der Waals surface area (Å²) >= 11 is 6.32. The standard InChI is InChI=1S/C19H21ClN4O2S/c1-4-23(5-2)17-11-6-14(12-21-17)18-19(20)22-13-24(18)15-7-9-16(10-8-15)27(3,25)26/h6-13H,4-5H2,1-3H3. The molecule has 142 valence electrons. The second-order valence-electron chi connectivity index (χ2n) is 6.10. The van der Waals surface area contributed by atoms with Crippen LogP contribution in [-0.2, 0) is 9.84 Å². The van der Waals surface area contributed by atoms with E-state index in [1.54, 1.807) is 36.8 Å². The van der Waals surface area contributed by atoms with E-state index in [0.29, 0.717) is 10.8 Å². The lowest BCUT2D eigenvalue weighted by Gasteiger charge is -2.19. The van der Waals surface area contributed by atoms with Gasteiger partial charge in [-0.1, -0.05) is 11.6 Å². The van der Waals surface area contributed by atoms with Gasteiger partial charge in [-0.2, -0.15) is 0 Å². The monoisotopic (exact) mass is 404 g/mol. The van der Waals surface area contributed by atoms with E-state index in [1.807, 2.05) is 16.7 Å². The van der Waals surface area contributed by atoms with Crippen LogP contribution in [0.5, 0.6) is 0 Å². The molecule has 1 aromatic carbocycles. The summed E-state index contributed by atoms with van der Waals surface area (Å²) in [6.45, 7) is 5.94. The molecule has 0 bridgehead atoms. The average Bonchev–Trinajstić information content (AvgIpc) is 3.04. The number of sulfone groups is 1. The Bertz CT molecular complexity index is 1020. The molecule has 0 fully saturated rings. The summed E-state index contributed by atoms with van der Waals surface area (Å²) in [6.07, 6.45) is 4.58. The number of hydrogen-bond donors (Lipinski definition) is 0. The van der Waals surface area contributed by atoms with E-state index in [0.717, 1.165) is 30.2 Å². The first kappa shape index (κ1) is 19.4. The van der Waals surface area contributed by atoms with Crippen LogP contribution in [0.2, 0.25) is 5.15 Å². The molecule has 8 heteroatoms. The van der Waals surface area contributed by atoms with E-state index < -0.39 is 9.84 Å². The molecule has 0 unspecified atom stereocenters. The molecule has 0 amide bonds. The van der Waals surface area contributed by atoms with Crippen molar-refractivity contribution in [1.29, 1.82) is 0 Å². The molecular formula is C19H21ClN4O2S. The Morgan fingerprint density at radius 3 is 2.22 bits per heavy atom. The van der Waals surface area contributed by atoms with E-state index in [9.17, 15) is 8.42 Å². The topological polar surface area (TPSA) is 68.1 Å². The fourth-order valence-corrected chi connectivity index (χ4v) is 3.77. The lowest BCUT2D eigenvalue weighted by atomic mass is 10.2. The van der Waals surface area contributed by atoms with Crippen molar-refractivity contribution < 1.29 is 8.42 Å². The van der Waals surface area contributed by atoms with Gasteiger partial charge in [0.1, 0.15) is 12.1 Å². The Morgan fingerprint density at radius 1 is 1.04 bits per heavy atom. The number of aromatic nitrogens is 3. The van der Waals surface area contributed by atoms with Gasteiger partial charge >= 0.3 is 0 Å². The molecule has 2 aromatic heterocycles. The molecule has 0 saturated carbocycles. The first-order valence-electron chi connectivity index (χ1n) is 8.59. The predicted octanol–water partition coefficient (Wildman–Crippen LogP) is 3.84. The van der Waals surface area contributed by atoms with E-state index in [1.165, 1.54) is 6.26 Å². The molecule has 6 nitrogen and oxygen atoms in total. The number of benzene rings is 1. The Hall–Kier alpha value is -2.38. The summed E-state index contributed by atoms with van der Waals surface area (Å²) in [5.74, 6) is 0.906.